The Hall–Kier alpha value is -3.07. The van der Waals surface area contributed by atoms with Crippen molar-refractivity contribution in [2.45, 2.75) is 74.9 Å². The number of amides is 2. The van der Waals surface area contributed by atoms with Crippen molar-refractivity contribution in [1.29, 1.82) is 0 Å². The SMILES string of the molecule is CC(Sc1nnc(-c2ccco2)n1C1CCCCC1)C(=O)N1c2ccccc2NC(=O)C1(C)C. The Labute approximate surface area is 203 Å². The first-order chi connectivity index (χ1) is 16.4. The third-order valence-corrected chi connectivity index (χ3v) is 7.75. The van der Waals surface area contributed by atoms with E-state index in [2.05, 4.69) is 20.1 Å². The van der Waals surface area contributed by atoms with Crippen molar-refractivity contribution < 1.29 is 14.0 Å². The summed E-state index contributed by atoms with van der Waals surface area (Å²) in [5, 5.41) is 12.1. The number of fused-ring (bicyclic) bond motifs is 1. The molecule has 3 heterocycles. The molecule has 1 fully saturated rings. The lowest BCUT2D eigenvalue weighted by Crippen LogP contribution is -2.60. The molecular weight excluding hydrogens is 450 g/mol. The lowest BCUT2D eigenvalue weighted by atomic mass is 9.95. The Balaban J connectivity index is 1.47. The van der Waals surface area contributed by atoms with Gasteiger partial charge in [0.2, 0.25) is 17.6 Å². The van der Waals surface area contributed by atoms with Crippen molar-refractivity contribution >= 4 is 35.0 Å². The minimum absolute atomic E-state index is 0.143. The van der Waals surface area contributed by atoms with Gasteiger partial charge in [0, 0.05) is 6.04 Å². The number of hydrogen-bond acceptors (Lipinski definition) is 6. The summed E-state index contributed by atoms with van der Waals surface area (Å²) in [4.78, 5) is 28.2. The fraction of sp³-hybridized carbons (Fsp3) is 0.440. The highest BCUT2D eigenvalue weighted by atomic mass is 32.2. The maximum atomic E-state index is 13.8. The van der Waals surface area contributed by atoms with Gasteiger partial charge in [0.05, 0.1) is 22.9 Å². The Morgan fingerprint density at radius 1 is 1.15 bits per heavy atom. The quantitative estimate of drug-likeness (QED) is 0.500. The molecule has 34 heavy (non-hydrogen) atoms. The van der Waals surface area contributed by atoms with Crippen molar-refractivity contribution in [2.24, 2.45) is 0 Å². The molecule has 8 nitrogen and oxygen atoms in total. The summed E-state index contributed by atoms with van der Waals surface area (Å²) in [5.41, 5.74) is 0.328. The topological polar surface area (TPSA) is 93.3 Å². The maximum Gasteiger partial charge on any atom is 0.250 e. The molecule has 0 radical (unpaired) electrons. The van der Waals surface area contributed by atoms with Gasteiger partial charge in [0.1, 0.15) is 5.54 Å². The second kappa shape index (κ2) is 8.94. The van der Waals surface area contributed by atoms with E-state index < -0.39 is 10.8 Å². The number of anilines is 2. The number of nitrogens with zero attached hydrogens (tertiary/aromatic N) is 4. The van der Waals surface area contributed by atoms with E-state index >= 15 is 0 Å². The summed E-state index contributed by atoms with van der Waals surface area (Å²) in [5.74, 6) is 1.02. The highest BCUT2D eigenvalue weighted by molar-refractivity contribution is 8.00. The number of rotatable bonds is 5. The van der Waals surface area contributed by atoms with Crippen LogP contribution in [0.2, 0.25) is 0 Å². The van der Waals surface area contributed by atoms with Crippen molar-refractivity contribution in [2.75, 3.05) is 10.2 Å². The normalized spacial score (nSPS) is 18.9. The second-order valence-corrected chi connectivity index (χ2v) is 10.7. The molecule has 1 saturated carbocycles. The van der Waals surface area contributed by atoms with Crippen LogP contribution >= 0.6 is 11.8 Å². The molecule has 1 unspecified atom stereocenters. The molecule has 1 atom stereocenters. The molecule has 5 rings (SSSR count). The Kier molecular flexibility index (Phi) is 5.97. The monoisotopic (exact) mass is 479 g/mol. The van der Waals surface area contributed by atoms with Crippen molar-refractivity contribution in [1.82, 2.24) is 14.8 Å². The van der Waals surface area contributed by atoms with E-state index in [1.54, 1.807) is 25.0 Å². The fourth-order valence-electron chi connectivity index (χ4n) is 4.84. The Morgan fingerprint density at radius 2 is 1.91 bits per heavy atom. The summed E-state index contributed by atoms with van der Waals surface area (Å²) in [6.07, 6.45) is 7.29. The van der Waals surface area contributed by atoms with Gasteiger partial charge in [0.15, 0.2) is 10.9 Å². The predicted octanol–water partition coefficient (Wildman–Crippen LogP) is 5.29. The molecule has 0 spiro atoms. The fourth-order valence-corrected chi connectivity index (χ4v) is 5.80. The van der Waals surface area contributed by atoms with Gasteiger partial charge in [-0.15, -0.1) is 10.2 Å². The Morgan fingerprint density at radius 3 is 2.65 bits per heavy atom. The van der Waals surface area contributed by atoms with Gasteiger partial charge in [-0.05, 0) is 57.9 Å². The van der Waals surface area contributed by atoms with Crippen LogP contribution in [0.25, 0.3) is 11.6 Å². The van der Waals surface area contributed by atoms with E-state index in [0.29, 0.717) is 28.1 Å². The zero-order valence-electron chi connectivity index (χ0n) is 19.7. The maximum absolute atomic E-state index is 13.8. The van der Waals surface area contributed by atoms with Gasteiger partial charge in [0.25, 0.3) is 0 Å². The highest BCUT2D eigenvalue weighted by Gasteiger charge is 2.45. The van der Waals surface area contributed by atoms with Crippen LogP contribution in [0.5, 0.6) is 0 Å². The third-order valence-electron chi connectivity index (χ3n) is 6.70. The number of nitrogens with one attached hydrogen (secondary N) is 1. The van der Waals surface area contributed by atoms with E-state index in [4.69, 9.17) is 4.42 Å². The van der Waals surface area contributed by atoms with Crippen molar-refractivity contribution in [3.8, 4) is 11.6 Å². The number of furan rings is 1. The minimum atomic E-state index is -1.02. The van der Waals surface area contributed by atoms with Gasteiger partial charge < -0.3 is 9.73 Å². The molecule has 0 bridgehead atoms. The molecule has 1 aliphatic heterocycles. The lowest BCUT2D eigenvalue weighted by molar-refractivity contribution is -0.126. The van der Waals surface area contributed by atoms with E-state index in [1.165, 1.54) is 18.2 Å². The van der Waals surface area contributed by atoms with E-state index in [-0.39, 0.29) is 17.9 Å². The second-order valence-electron chi connectivity index (χ2n) is 9.41. The van der Waals surface area contributed by atoms with Crippen LogP contribution in [0.4, 0.5) is 11.4 Å². The van der Waals surface area contributed by atoms with Gasteiger partial charge in [-0.2, -0.15) is 0 Å². The molecule has 1 aromatic carbocycles. The lowest BCUT2D eigenvalue weighted by Gasteiger charge is -2.43. The number of carbonyl (C=O) groups is 2. The average molecular weight is 480 g/mol. The highest BCUT2D eigenvalue weighted by Crippen LogP contribution is 2.40. The summed E-state index contributed by atoms with van der Waals surface area (Å²) in [7, 11) is 0. The molecule has 2 aromatic heterocycles. The third kappa shape index (κ3) is 3.91. The summed E-state index contributed by atoms with van der Waals surface area (Å²) < 4.78 is 7.79. The molecule has 2 aliphatic rings. The number of hydrogen-bond donors (Lipinski definition) is 1. The molecule has 2 amide bonds. The molecule has 9 heteroatoms. The molecule has 178 valence electrons. The van der Waals surface area contributed by atoms with Crippen LogP contribution < -0.4 is 10.2 Å². The first kappa shape index (κ1) is 22.7. The van der Waals surface area contributed by atoms with Gasteiger partial charge >= 0.3 is 0 Å². The van der Waals surface area contributed by atoms with Crippen LogP contribution in [0.1, 0.15) is 58.9 Å². The number of benzene rings is 1. The van der Waals surface area contributed by atoms with Crippen LogP contribution in [-0.2, 0) is 9.59 Å². The van der Waals surface area contributed by atoms with Crippen LogP contribution in [-0.4, -0.2) is 37.4 Å². The molecule has 1 aliphatic carbocycles. The molecule has 3 aromatic rings. The van der Waals surface area contributed by atoms with E-state index in [9.17, 15) is 9.59 Å². The van der Waals surface area contributed by atoms with Gasteiger partial charge in [-0.1, -0.05) is 43.2 Å². The molecular formula is C25H29N5O3S. The van der Waals surface area contributed by atoms with Crippen LogP contribution in [0, 0.1) is 0 Å². The van der Waals surface area contributed by atoms with Crippen molar-refractivity contribution in [3.05, 3.63) is 42.7 Å². The number of carbonyl (C=O) groups excluding carboxylic acids is 2. The van der Waals surface area contributed by atoms with Gasteiger partial charge in [-0.3, -0.25) is 19.1 Å². The van der Waals surface area contributed by atoms with E-state index in [0.717, 1.165) is 25.7 Å². The smallest absolute Gasteiger partial charge is 0.250 e. The average Bonchev–Trinajstić information content (AvgIpc) is 3.50. The first-order valence-corrected chi connectivity index (χ1v) is 12.7. The zero-order valence-corrected chi connectivity index (χ0v) is 20.5. The largest absolute Gasteiger partial charge is 0.461 e. The summed E-state index contributed by atoms with van der Waals surface area (Å²) in [6.45, 7) is 5.41. The zero-order chi connectivity index (χ0) is 23.9. The molecule has 0 saturated heterocycles. The standard InChI is InChI=1S/C25H29N5O3S/c1-16(22(31)30-19-13-8-7-12-18(19)26-23(32)25(30,2)3)34-24-28-27-21(20-14-9-15-33-20)29(24)17-10-5-4-6-11-17/h7-9,12-17H,4-6,10-11H2,1-3H3,(H,26,32). The number of para-hydroxylation sites is 2. The van der Waals surface area contributed by atoms with Crippen molar-refractivity contribution in [3.63, 3.8) is 0 Å². The minimum Gasteiger partial charge on any atom is -0.461 e. The first-order valence-electron chi connectivity index (χ1n) is 11.8. The molecule has 1 N–H and O–H groups in total. The summed E-state index contributed by atoms with van der Waals surface area (Å²) in [6, 6.07) is 11.4. The summed E-state index contributed by atoms with van der Waals surface area (Å²) >= 11 is 1.39. The van der Waals surface area contributed by atoms with Gasteiger partial charge in [-0.25, -0.2) is 0 Å². The Bertz CT molecular complexity index is 1200. The van der Waals surface area contributed by atoms with Crippen LogP contribution in [0.3, 0.4) is 0 Å². The van der Waals surface area contributed by atoms with Crippen LogP contribution in [0.15, 0.2) is 52.2 Å². The predicted molar refractivity (Wildman–Crippen MR) is 132 cm³/mol. The number of thioether (sulfide) groups is 1. The van der Waals surface area contributed by atoms with E-state index in [1.807, 2.05) is 43.3 Å². The number of aromatic nitrogens is 3.